The number of aliphatic carboxylic acids is 1. The molecule has 0 aliphatic carbocycles. The molecule has 0 rings (SSSR count). The Morgan fingerprint density at radius 3 is 1.50 bits per heavy atom. The van der Waals surface area contributed by atoms with Crippen LogP contribution in [0.25, 0.3) is 0 Å². The number of carboxylic acid groups (broad SMARTS) is 1. The van der Waals surface area contributed by atoms with Gasteiger partial charge in [0.15, 0.2) is 0 Å². The SMILES string of the molecule is CC(=O)O.O.O. The van der Waals surface area contributed by atoms with Crippen molar-refractivity contribution in [2.24, 2.45) is 0 Å². The van der Waals surface area contributed by atoms with Crippen molar-refractivity contribution in [2.45, 2.75) is 6.92 Å². The van der Waals surface area contributed by atoms with Gasteiger partial charge in [-0.2, -0.15) is 0 Å². The van der Waals surface area contributed by atoms with Crippen molar-refractivity contribution in [3.8, 4) is 0 Å². The summed E-state index contributed by atoms with van der Waals surface area (Å²) in [5.41, 5.74) is 0. The second kappa shape index (κ2) is 8.83. The normalized spacial score (nSPS) is 4.17. The minimum Gasteiger partial charge on any atom is -0.481 e. The fourth-order valence-electron chi connectivity index (χ4n) is 0. The second-order valence-electron chi connectivity index (χ2n) is 0.519. The molecule has 40 valence electrons. The van der Waals surface area contributed by atoms with E-state index in [2.05, 4.69) is 0 Å². The third kappa shape index (κ3) is 52.0. The Morgan fingerprint density at radius 1 is 1.50 bits per heavy atom. The maximum absolute atomic E-state index is 9.00. The molecule has 0 aromatic heterocycles. The first-order chi connectivity index (χ1) is 1.73. The van der Waals surface area contributed by atoms with E-state index in [0.717, 1.165) is 6.92 Å². The molecule has 0 spiro atoms. The second-order valence-corrected chi connectivity index (χ2v) is 0.519. The molecule has 0 radical (unpaired) electrons. The number of carbonyl (C=O) groups is 1. The summed E-state index contributed by atoms with van der Waals surface area (Å²) >= 11 is 0. The van der Waals surface area contributed by atoms with Crippen molar-refractivity contribution in [2.75, 3.05) is 0 Å². The fraction of sp³-hybridized carbons (Fsp3) is 0.500. The topological polar surface area (TPSA) is 100 Å². The lowest BCUT2D eigenvalue weighted by molar-refractivity contribution is -0.134. The van der Waals surface area contributed by atoms with Gasteiger partial charge in [-0.05, 0) is 0 Å². The highest BCUT2D eigenvalue weighted by atomic mass is 16.4. The minimum absolute atomic E-state index is 0. The lowest BCUT2D eigenvalue weighted by atomic mass is 10.9. The Kier molecular flexibility index (Phi) is 26.8. The van der Waals surface area contributed by atoms with Gasteiger partial charge in [-0.1, -0.05) is 0 Å². The molecule has 0 atom stereocenters. The van der Waals surface area contributed by atoms with Gasteiger partial charge in [0.05, 0.1) is 0 Å². The zero-order chi connectivity index (χ0) is 3.58. The molecule has 0 amide bonds. The summed E-state index contributed by atoms with van der Waals surface area (Å²) in [4.78, 5) is 9.00. The van der Waals surface area contributed by atoms with E-state index in [1.165, 1.54) is 0 Å². The third-order valence-corrected chi connectivity index (χ3v) is 0. The molecular formula is C2H8O4. The van der Waals surface area contributed by atoms with E-state index in [1.807, 2.05) is 0 Å². The van der Waals surface area contributed by atoms with E-state index < -0.39 is 5.97 Å². The highest BCUT2D eigenvalue weighted by molar-refractivity contribution is 5.62. The van der Waals surface area contributed by atoms with Crippen molar-refractivity contribution in [3.05, 3.63) is 0 Å². The molecule has 6 heavy (non-hydrogen) atoms. The van der Waals surface area contributed by atoms with Gasteiger partial charge in [0.2, 0.25) is 0 Å². The van der Waals surface area contributed by atoms with Gasteiger partial charge in [-0.15, -0.1) is 0 Å². The van der Waals surface area contributed by atoms with Crippen molar-refractivity contribution < 1.29 is 20.9 Å². The average molecular weight is 96.1 g/mol. The smallest absolute Gasteiger partial charge is 0.300 e. The molecule has 0 heterocycles. The molecule has 4 nitrogen and oxygen atoms in total. The van der Waals surface area contributed by atoms with E-state index in [1.54, 1.807) is 0 Å². The maximum atomic E-state index is 9.00. The quantitative estimate of drug-likeness (QED) is 0.394. The van der Waals surface area contributed by atoms with Crippen LogP contribution in [0.1, 0.15) is 6.92 Å². The highest BCUT2D eigenvalue weighted by Crippen LogP contribution is 1.42. The number of hydrogen-bond acceptors (Lipinski definition) is 1. The fourth-order valence-corrected chi connectivity index (χ4v) is 0. The van der Waals surface area contributed by atoms with E-state index in [4.69, 9.17) is 9.90 Å². The summed E-state index contributed by atoms with van der Waals surface area (Å²) < 4.78 is 0. The average Bonchev–Trinajstić information content (AvgIpc) is 0.811. The van der Waals surface area contributed by atoms with E-state index in [0.29, 0.717) is 0 Å². The maximum Gasteiger partial charge on any atom is 0.300 e. The lowest BCUT2D eigenvalue weighted by Gasteiger charge is -1.59. The Bertz CT molecular complexity index is 28.5. The van der Waals surface area contributed by atoms with Crippen LogP contribution in [0.5, 0.6) is 0 Å². The van der Waals surface area contributed by atoms with Crippen molar-refractivity contribution in [1.82, 2.24) is 0 Å². The summed E-state index contributed by atoms with van der Waals surface area (Å²) in [5.74, 6) is -0.833. The predicted octanol–water partition coefficient (Wildman–Crippen LogP) is -1.56. The Morgan fingerprint density at radius 2 is 1.50 bits per heavy atom. The summed E-state index contributed by atoms with van der Waals surface area (Å²) in [5, 5.41) is 7.42. The van der Waals surface area contributed by atoms with Gasteiger partial charge in [-0.25, -0.2) is 0 Å². The molecular weight excluding hydrogens is 88.0 g/mol. The molecule has 0 fully saturated rings. The Labute approximate surface area is 35.0 Å². The minimum atomic E-state index is -0.833. The Balaban J connectivity index is -0.0000000450. The predicted molar refractivity (Wildman–Crippen MR) is 20.5 cm³/mol. The molecule has 5 N–H and O–H groups in total. The molecule has 0 aliphatic heterocycles. The monoisotopic (exact) mass is 96.0 g/mol. The number of hydrogen-bond donors (Lipinski definition) is 1. The van der Waals surface area contributed by atoms with Crippen molar-refractivity contribution in [3.63, 3.8) is 0 Å². The first-order valence-electron chi connectivity index (χ1n) is 0.928. The van der Waals surface area contributed by atoms with Gasteiger partial charge < -0.3 is 16.1 Å². The lowest BCUT2D eigenvalue weighted by Crippen LogP contribution is -1.78. The van der Waals surface area contributed by atoms with E-state index in [-0.39, 0.29) is 11.0 Å². The van der Waals surface area contributed by atoms with Crippen LogP contribution >= 0.6 is 0 Å². The van der Waals surface area contributed by atoms with E-state index >= 15 is 0 Å². The molecule has 0 saturated carbocycles. The van der Waals surface area contributed by atoms with E-state index in [9.17, 15) is 0 Å². The number of carboxylic acids is 1. The molecule has 0 aliphatic rings. The van der Waals surface area contributed by atoms with Gasteiger partial charge in [0.25, 0.3) is 5.97 Å². The van der Waals surface area contributed by atoms with Crippen LogP contribution in [0.2, 0.25) is 0 Å². The molecule has 0 aromatic carbocycles. The standard InChI is InChI=1S/C2H4O2.2H2O/c1-2(3)4;;/h1H3,(H,3,4);2*1H2. The van der Waals surface area contributed by atoms with Gasteiger partial charge in [-0.3, -0.25) is 4.79 Å². The summed E-state index contributed by atoms with van der Waals surface area (Å²) in [7, 11) is 0. The molecule has 0 saturated heterocycles. The van der Waals surface area contributed by atoms with Gasteiger partial charge in [0, 0.05) is 6.92 Å². The van der Waals surface area contributed by atoms with Crippen molar-refractivity contribution >= 4 is 5.97 Å². The van der Waals surface area contributed by atoms with Crippen LogP contribution in [0.3, 0.4) is 0 Å². The largest absolute Gasteiger partial charge is 0.481 e. The van der Waals surface area contributed by atoms with Crippen LogP contribution in [0.4, 0.5) is 0 Å². The van der Waals surface area contributed by atoms with Crippen molar-refractivity contribution in [1.29, 1.82) is 0 Å². The first kappa shape index (κ1) is 18.2. The van der Waals surface area contributed by atoms with Crippen LogP contribution < -0.4 is 0 Å². The van der Waals surface area contributed by atoms with Gasteiger partial charge in [0.1, 0.15) is 0 Å². The zero-order valence-corrected chi connectivity index (χ0v) is 3.36. The third-order valence-electron chi connectivity index (χ3n) is 0. The van der Waals surface area contributed by atoms with Crippen LogP contribution in [-0.2, 0) is 4.79 Å². The van der Waals surface area contributed by atoms with Gasteiger partial charge >= 0.3 is 0 Å². The molecule has 0 unspecified atom stereocenters. The number of rotatable bonds is 0. The van der Waals surface area contributed by atoms with Crippen LogP contribution in [0.15, 0.2) is 0 Å². The summed E-state index contributed by atoms with van der Waals surface area (Å²) in [6.07, 6.45) is 0. The molecule has 0 bridgehead atoms. The zero-order valence-electron chi connectivity index (χ0n) is 3.36. The summed E-state index contributed by atoms with van der Waals surface area (Å²) in [6.45, 7) is 1.08. The first-order valence-corrected chi connectivity index (χ1v) is 0.928. The summed E-state index contributed by atoms with van der Waals surface area (Å²) in [6, 6.07) is 0. The van der Waals surface area contributed by atoms with Crippen LogP contribution in [0, 0.1) is 0 Å². The Hall–Kier alpha value is -0.610. The molecule has 4 heteroatoms. The highest BCUT2D eigenvalue weighted by Gasteiger charge is 1.65. The molecule has 0 aromatic rings. The van der Waals surface area contributed by atoms with Crippen LogP contribution in [-0.4, -0.2) is 22.0 Å².